The average molecular weight is 504 g/mol. The molecule has 0 bridgehead atoms. The van der Waals surface area contributed by atoms with E-state index in [0.717, 1.165) is 17.0 Å². The number of nitro groups is 1. The van der Waals surface area contributed by atoms with Gasteiger partial charge < -0.3 is 9.64 Å². The summed E-state index contributed by atoms with van der Waals surface area (Å²) in [5, 5.41) is 10.8. The highest BCUT2D eigenvalue weighted by atomic mass is 19.4. The summed E-state index contributed by atoms with van der Waals surface area (Å²) in [4.78, 5) is 34.9. The fourth-order valence-electron chi connectivity index (χ4n) is 3.85. The van der Waals surface area contributed by atoms with Gasteiger partial charge in [-0.25, -0.2) is 0 Å². The molecule has 13 heteroatoms. The van der Waals surface area contributed by atoms with Gasteiger partial charge in [0.05, 0.1) is 16.1 Å². The Morgan fingerprint density at radius 1 is 1.06 bits per heavy atom. The van der Waals surface area contributed by atoms with E-state index >= 15 is 0 Å². The van der Waals surface area contributed by atoms with Gasteiger partial charge in [0, 0.05) is 43.6 Å². The fourth-order valence-corrected chi connectivity index (χ4v) is 3.85. The summed E-state index contributed by atoms with van der Waals surface area (Å²) >= 11 is 0. The van der Waals surface area contributed by atoms with Crippen molar-refractivity contribution in [2.75, 3.05) is 13.1 Å². The molecule has 1 amide bonds. The molecule has 0 aromatic heterocycles. The maximum atomic E-state index is 13.9. The zero-order valence-electron chi connectivity index (χ0n) is 17.9. The van der Waals surface area contributed by atoms with Crippen LogP contribution in [0.5, 0.6) is 0 Å². The maximum Gasteiger partial charge on any atom is 0.416 e. The molecule has 188 valence electrons. The Morgan fingerprint density at radius 2 is 1.66 bits per heavy atom. The molecule has 1 heterocycles. The Kier molecular flexibility index (Phi) is 7.36. The van der Waals surface area contributed by atoms with Gasteiger partial charge in [-0.15, -0.1) is 0 Å². The van der Waals surface area contributed by atoms with E-state index in [1.54, 1.807) is 0 Å². The maximum absolute atomic E-state index is 13.9. The Bertz CT molecular complexity index is 1110. The standard InChI is InChI=1S/C22H18F6N2O5/c23-21(24,25)14-10-18(20(32)29-7-5-16(6-8-29)35-12-31)17(19(11-14)22(26,27)28)9-13-1-3-15(4-2-13)30(33)34/h1-4,10-12,16H,5-9H2. The number of alkyl halides is 6. The number of amides is 1. The molecular weight excluding hydrogens is 486 g/mol. The van der Waals surface area contributed by atoms with Gasteiger partial charge in [-0.2, -0.15) is 26.3 Å². The summed E-state index contributed by atoms with van der Waals surface area (Å²) in [6.45, 7) is 0.157. The van der Waals surface area contributed by atoms with Crippen LogP contribution in [0.15, 0.2) is 36.4 Å². The molecule has 0 radical (unpaired) electrons. The van der Waals surface area contributed by atoms with Crippen molar-refractivity contribution in [1.29, 1.82) is 0 Å². The van der Waals surface area contributed by atoms with Crippen molar-refractivity contribution in [1.82, 2.24) is 4.90 Å². The molecule has 0 saturated carbocycles. The lowest BCUT2D eigenvalue weighted by atomic mass is 9.90. The van der Waals surface area contributed by atoms with Gasteiger partial charge in [0.15, 0.2) is 0 Å². The Hall–Kier alpha value is -3.64. The van der Waals surface area contributed by atoms with Gasteiger partial charge in [-0.05, 0) is 29.7 Å². The summed E-state index contributed by atoms with van der Waals surface area (Å²) in [6, 6.07) is 4.80. The smallest absolute Gasteiger partial charge is 0.416 e. The van der Waals surface area contributed by atoms with Crippen LogP contribution in [0.1, 0.15) is 45.5 Å². The molecule has 0 unspecified atom stereocenters. The van der Waals surface area contributed by atoms with E-state index in [2.05, 4.69) is 0 Å². The quantitative estimate of drug-likeness (QED) is 0.239. The third kappa shape index (κ3) is 6.08. The number of benzene rings is 2. The van der Waals surface area contributed by atoms with Gasteiger partial charge in [0.1, 0.15) is 6.10 Å². The normalized spacial score (nSPS) is 15.1. The fraction of sp³-hybridized carbons (Fsp3) is 0.364. The summed E-state index contributed by atoms with van der Waals surface area (Å²) in [7, 11) is 0. The van der Waals surface area contributed by atoms with E-state index in [1.165, 1.54) is 12.1 Å². The largest absolute Gasteiger partial charge is 0.464 e. The van der Waals surface area contributed by atoms with Crippen molar-refractivity contribution in [3.63, 3.8) is 0 Å². The van der Waals surface area contributed by atoms with Gasteiger partial charge in [-0.3, -0.25) is 19.7 Å². The molecule has 1 aliphatic heterocycles. The van der Waals surface area contributed by atoms with Crippen molar-refractivity contribution >= 4 is 18.1 Å². The van der Waals surface area contributed by atoms with E-state index in [1.807, 2.05) is 0 Å². The monoisotopic (exact) mass is 504 g/mol. The number of nitrogens with zero attached hydrogens (tertiary/aromatic N) is 2. The lowest BCUT2D eigenvalue weighted by Gasteiger charge is -2.32. The van der Waals surface area contributed by atoms with Crippen molar-refractivity contribution in [3.8, 4) is 0 Å². The minimum atomic E-state index is -5.21. The highest BCUT2D eigenvalue weighted by molar-refractivity contribution is 5.96. The topological polar surface area (TPSA) is 89.8 Å². The van der Waals surface area contributed by atoms with Crippen LogP contribution in [-0.2, 0) is 28.3 Å². The van der Waals surface area contributed by atoms with Crippen LogP contribution in [0, 0.1) is 10.1 Å². The second-order valence-electron chi connectivity index (χ2n) is 7.87. The van der Waals surface area contributed by atoms with Crippen LogP contribution in [0.3, 0.4) is 0 Å². The number of non-ortho nitro benzene ring substituents is 1. The molecule has 2 aromatic rings. The number of nitro benzene ring substituents is 1. The lowest BCUT2D eigenvalue weighted by molar-refractivity contribution is -0.384. The van der Waals surface area contributed by atoms with Gasteiger partial charge in [0.2, 0.25) is 0 Å². The highest BCUT2D eigenvalue weighted by Crippen LogP contribution is 2.40. The number of hydrogen-bond acceptors (Lipinski definition) is 5. The predicted molar refractivity (Wildman–Crippen MR) is 108 cm³/mol. The van der Waals surface area contributed by atoms with E-state index in [0.29, 0.717) is 6.07 Å². The number of halogens is 6. The first-order valence-electron chi connectivity index (χ1n) is 10.2. The molecule has 0 spiro atoms. The highest BCUT2D eigenvalue weighted by Gasteiger charge is 2.41. The first kappa shape index (κ1) is 26.0. The van der Waals surface area contributed by atoms with Crippen LogP contribution in [0.4, 0.5) is 32.0 Å². The van der Waals surface area contributed by atoms with Crippen LogP contribution < -0.4 is 0 Å². The molecule has 1 aliphatic rings. The SMILES string of the molecule is O=COC1CCN(C(=O)c2cc(C(F)(F)F)cc(C(F)(F)F)c2Cc2ccc([N+](=O)[O-])cc2)CC1. The van der Waals surface area contributed by atoms with Gasteiger partial charge in [-0.1, -0.05) is 12.1 Å². The summed E-state index contributed by atoms with van der Waals surface area (Å²) in [5.41, 5.74) is -4.87. The van der Waals surface area contributed by atoms with E-state index < -0.39 is 58.0 Å². The molecule has 0 atom stereocenters. The van der Waals surface area contributed by atoms with Gasteiger partial charge >= 0.3 is 12.4 Å². The molecule has 1 fully saturated rings. The molecule has 3 rings (SSSR count). The average Bonchev–Trinajstić information content (AvgIpc) is 2.78. The summed E-state index contributed by atoms with van der Waals surface area (Å²) < 4.78 is 86.8. The van der Waals surface area contributed by atoms with Gasteiger partial charge in [0.25, 0.3) is 18.1 Å². The Labute approximate surface area is 194 Å². The molecule has 0 aliphatic carbocycles. The van der Waals surface area contributed by atoms with Crippen molar-refractivity contribution in [2.45, 2.75) is 37.7 Å². The number of carbonyl (C=O) groups is 2. The molecular formula is C22H18F6N2O5. The lowest BCUT2D eigenvalue weighted by Crippen LogP contribution is -2.41. The third-order valence-corrected chi connectivity index (χ3v) is 5.62. The van der Waals surface area contributed by atoms with Crippen molar-refractivity contribution in [3.05, 3.63) is 74.3 Å². The zero-order valence-corrected chi connectivity index (χ0v) is 17.9. The van der Waals surface area contributed by atoms with E-state index in [9.17, 15) is 46.0 Å². The van der Waals surface area contributed by atoms with Crippen LogP contribution in [0.25, 0.3) is 0 Å². The second-order valence-corrected chi connectivity index (χ2v) is 7.87. The van der Waals surface area contributed by atoms with Crippen molar-refractivity contribution in [2.24, 2.45) is 0 Å². The number of likely N-dealkylation sites (tertiary alicyclic amines) is 1. The van der Waals surface area contributed by atoms with Crippen molar-refractivity contribution < 1.29 is 45.6 Å². The minimum absolute atomic E-state index is 0.0358. The number of ether oxygens (including phenoxy) is 1. The van der Waals surface area contributed by atoms with Crippen LogP contribution >= 0.6 is 0 Å². The molecule has 1 saturated heterocycles. The van der Waals surface area contributed by atoms with E-state index in [-0.39, 0.29) is 49.7 Å². The minimum Gasteiger partial charge on any atom is -0.464 e. The third-order valence-electron chi connectivity index (χ3n) is 5.62. The first-order valence-corrected chi connectivity index (χ1v) is 10.2. The Morgan fingerprint density at radius 3 is 2.14 bits per heavy atom. The summed E-state index contributed by atoms with van der Waals surface area (Å²) in [5.74, 6) is -1.02. The predicted octanol–water partition coefficient (Wildman–Crippen LogP) is 5.00. The summed E-state index contributed by atoms with van der Waals surface area (Å²) in [6.07, 6.45) is -11.1. The Balaban J connectivity index is 2.09. The van der Waals surface area contributed by atoms with Crippen LogP contribution in [0.2, 0.25) is 0 Å². The van der Waals surface area contributed by atoms with Crippen LogP contribution in [-0.4, -0.2) is 41.4 Å². The first-order chi connectivity index (χ1) is 16.3. The molecule has 0 N–H and O–H groups in total. The molecule has 35 heavy (non-hydrogen) atoms. The number of piperidine rings is 1. The second kappa shape index (κ2) is 9.92. The number of carbonyl (C=O) groups excluding carboxylic acids is 2. The van der Waals surface area contributed by atoms with E-state index in [4.69, 9.17) is 4.74 Å². The molecule has 2 aromatic carbocycles. The number of hydrogen-bond donors (Lipinski definition) is 0. The number of rotatable bonds is 6. The zero-order chi connectivity index (χ0) is 26.0. The molecule has 7 nitrogen and oxygen atoms in total.